The second-order valence-electron chi connectivity index (χ2n) is 9.32. The summed E-state index contributed by atoms with van der Waals surface area (Å²) in [4.78, 5) is 18.0. The molecule has 1 fully saturated rings. The van der Waals surface area contributed by atoms with Gasteiger partial charge in [0.05, 0.1) is 17.7 Å². The van der Waals surface area contributed by atoms with Crippen molar-refractivity contribution in [2.24, 2.45) is 0 Å². The van der Waals surface area contributed by atoms with E-state index in [1.165, 1.54) is 12.1 Å². The maximum atomic E-state index is 13.6. The highest BCUT2D eigenvalue weighted by Crippen LogP contribution is 2.35. The van der Waals surface area contributed by atoms with E-state index in [0.717, 1.165) is 41.9 Å². The molecule has 1 N–H and O–H groups in total. The third kappa shape index (κ3) is 4.87. The molecule has 38 heavy (non-hydrogen) atoms. The average molecular weight is 534 g/mol. The Bertz CT molecular complexity index is 1450. The molecule has 3 aromatic rings. The van der Waals surface area contributed by atoms with E-state index in [-0.39, 0.29) is 28.5 Å². The molecule has 0 spiro atoms. The number of aliphatic hydroxyl groups is 1. The van der Waals surface area contributed by atoms with Gasteiger partial charge in [0.1, 0.15) is 11.4 Å². The first kappa shape index (κ1) is 25.8. The van der Waals surface area contributed by atoms with E-state index >= 15 is 0 Å². The molecule has 3 aromatic carbocycles. The maximum absolute atomic E-state index is 13.6. The predicted molar refractivity (Wildman–Crippen MR) is 147 cm³/mol. The number of hydrogen-bond donors (Lipinski definition) is 1. The fraction of sp³-hybridized carbons (Fsp3) is 0.276. The Labute approximate surface area is 223 Å². The van der Waals surface area contributed by atoms with E-state index in [4.69, 9.17) is 4.74 Å². The second kappa shape index (κ2) is 10.9. The third-order valence-corrected chi connectivity index (χ3v) is 8.93. The minimum Gasteiger partial charge on any atom is -0.505 e. The first-order chi connectivity index (χ1) is 18.4. The summed E-state index contributed by atoms with van der Waals surface area (Å²) in [7, 11) is -2.35. The lowest BCUT2D eigenvalue weighted by atomic mass is 10.0. The minimum absolute atomic E-state index is 0.0277. The quantitative estimate of drug-likeness (QED) is 0.362. The minimum atomic E-state index is -4.02. The first-order valence-corrected chi connectivity index (χ1v) is 14.1. The monoisotopic (exact) mass is 533 g/mol. The van der Waals surface area contributed by atoms with Gasteiger partial charge in [-0.2, -0.15) is 0 Å². The Hall–Kier alpha value is -3.82. The molecule has 1 saturated heterocycles. The molecule has 0 atom stereocenters. The number of para-hydroxylation sites is 2. The Morgan fingerprint density at radius 1 is 0.868 bits per heavy atom. The zero-order valence-corrected chi connectivity index (χ0v) is 22.1. The molecule has 0 aromatic heterocycles. The lowest BCUT2D eigenvalue weighted by Gasteiger charge is -2.37. The van der Waals surface area contributed by atoms with E-state index in [9.17, 15) is 18.3 Å². The standard InChI is InChI=1S/C29H31N3O5S/c1-37-25-14-7-6-13-24(25)31-20-18-30(19-21-31)16-9-17-32-27(28(33)22-10-3-2-4-11-22)29(34)23-12-5-8-15-26(23)38(32,35)36/h2-8,10-15,33H,9,16-21H2,1H3. The molecule has 0 bridgehead atoms. The number of rotatable bonds is 7. The van der Waals surface area contributed by atoms with Crippen LogP contribution in [0.5, 0.6) is 5.75 Å². The number of fused-ring (bicyclic) bond motifs is 1. The lowest BCUT2D eigenvalue weighted by Crippen LogP contribution is -2.47. The van der Waals surface area contributed by atoms with Gasteiger partial charge in [0.25, 0.3) is 10.0 Å². The number of piperazine rings is 1. The van der Waals surface area contributed by atoms with Crippen molar-refractivity contribution in [3.05, 3.63) is 95.7 Å². The number of benzene rings is 3. The van der Waals surface area contributed by atoms with Crippen molar-refractivity contribution in [1.29, 1.82) is 0 Å². The van der Waals surface area contributed by atoms with Gasteiger partial charge < -0.3 is 14.7 Å². The van der Waals surface area contributed by atoms with Crippen LogP contribution in [0.1, 0.15) is 22.3 Å². The molecule has 2 heterocycles. The summed E-state index contributed by atoms with van der Waals surface area (Å²) in [5.74, 6) is 0.0139. The summed E-state index contributed by atoms with van der Waals surface area (Å²) >= 11 is 0. The highest BCUT2D eigenvalue weighted by atomic mass is 32.2. The normalized spacial score (nSPS) is 18.7. The summed E-state index contributed by atoms with van der Waals surface area (Å²) in [6.07, 6.45) is 0.509. The molecule has 2 aliphatic rings. The Morgan fingerprint density at radius 3 is 2.26 bits per heavy atom. The number of anilines is 1. The first-order valence-electron chi connectivity index (χ1n) is 12.7. The maximum Gasteiger partial charge on any atom is 0.265 e. The van der Waals surface area contributed by atoms with Gasteiger partial charge in [0, 0.05) is 50.4 Å². The van der Waals surface area contributed by atoms with Gasteiger partial charge in [-0.05, 0) is 30.7 Å². The molecule has 0 amide bonds. The number of allylic oxidation sites excluding steroid dienone is 1. The Morgan fingerprint density at radius 2 is 1.53 bits per heavy atom. The molecule has 2 aliphatic heterocycles. The highest BCUT2D eigenvalue weighted by Gasteiger charge is 2.41. The van der Waals surface area contributed by atoms with Crippen LogP contribution in [0.4, 0.5) is 5.69 Å². The van der Waals surface area contributed by atoms with Crippen LogP contribution in [0.15, 0.2) is 89.5 Å². The van der Waals surface area contributed by atoms with Crippen molar-refractivity contribution in [2.75, 3.05) is 51.3 Å². The molecule has 0 radical (unpaired) electrons. The Balaban J connectivity index is 1.33. The second-order valence-corrected chi connectivity index (χ2v) is 11.2. The number of carbonyl (C=O) groups is 1. The summed E-state index contributed by atoms with van der Waals surface area (Å²) in [6.45, 7) is 4.06. The van der Waals surface area contributed by atoms with Crippen molar-refractivity contribution in [3.63, 3.8) is 0 Å². The zero-order valence-electron chi connectivity index (χ0n) is 21.3. The number of aliphatic hydroxyl groups excluding tert-OH is 1. The molecule has 0 aliphatic carbocycles. The number of ketones is 1. The van der Waals surface area contributed by atoms with Crippen LogP contribution in [0.2, 0.25) is 0 Å². The average Bonchev–Trinajstić information content (AvgIpc) is 2.96. The van der Waals surface area contributed by atoms with Crippen molar-refractivity contribution in [1.82, 2.24) is 9.21 Å². The number of sulfonamides is 1. The molecule has 9 heteroatoms. The van der Waals surface area contributed by atoms with E-state index < -0.39 is 15.8 Å². The summed E-state index contributed by atoms with van der Waals surface area (Å²) in [5.41, 5.74) is 1.34. The predicted octanol–water partition coefficient (Wildman–Crippen LogP) is 4.02. The molecular weight excluding hydrogens is 502 g/mol. The van der Waals surface area contributed by atoms with Crippen molar-refractivity contribution < 1.29 is 23.1 Å². The highest BCUT2D eigenvalue weighted by molar-refractivity contribution is 7.89. The van der Waals surface area contributed by atoms with Gasteiger partial charge in [0.15, 0.2) is 5.76 Å². The van der Waals surface area contributed by atoms with E-state index in [1.54, 1.807) is 49.6 Å². The molecular formula is C29H31N3O5S. The van der Waals surface area contributed by atoms with Gasteiger partial charge >= 0.3 is 0 Å². The number of methoxy groups -OCH3 is 1. The number of carbonyl (C=O) groups excluding carboxylic acids is 1. The van der Waals surface area contributed by atoms with Crippen molar-refractivity contribution in [2.45, 2.75) is 11.3 Å². The molecule has 8 nitrogen and oxygen atoms in total. The summed E-state index contributed by atoms with van der Waals surface area (Å²) in [5, 5.41) is 11.1. The van der Waals surface area contributed by atoms with Crippen LogP contribution in [0, 0.1) is 0 Å². The van der Waals surface area contributed by atoms with Gasteiger partial charge in [0.2, 0.25) is 5.78 Å². The van der Waals surface area contributed by atoms with E-state index in [1.807, 2.05) is 18.2 Å². The summed E-state index contributed by atoms with van der Waals surface area (Å²) < 4.78 is 33.9. The van der Waals surface area contributed by atoms with Gasteiger partial charge in [-0.25, -0.2) is 8.42 Å². The van der Waals surface area contributed by atoms with Crippen LogP contribution in [-0.4, -0.2) is 74.9 Å². The van der Waals surface area contributed by atoms with E-state index in [2.05, 4.69) is 15.9 Å². The zero-order chi connectivity index (χ0) is 26.7. The SMILES string of the molecule is COc1ccccc1N1CCN(CCCN2C(=C(O)c3ccccc3)C(=O)c3ccccc3S2(=O)=O)CC1. The largest absolute Gasteiger partial charge is 0.505 e. The topological polar surface area (TPSA) is 90.4 Å². The van der Waals surface area contributed by atoms with Crippen molar-refractivity contribution in [3.8, 4) is 5.75 Å². The lowest BCUT2D eigenvalue weighted by molar-refractivity contribution is 0.0997. The number of hydrogen-bond acceptors (Lipinski definition) is 7. The van der Waals surface area contributed by atoms with Crippen LogP contribution in [0.25, 0.3) is 5.76 Å². The number of Topliss-reactive ketones (excluding diaryl/α,β-unsaturated/α-hetero) is 1. The fourth-order valence-electron chi connectivity index (χ4n) is 5.09. The molecule has 5 rings (SSSR count). The van der Waals surface area contributed by atoms with Gasteiger partial charge in [-0.3, -0.25) is 14.0 Å². The van der Waals surface area contributed by atoms with Crippen LogP contribution in [0.3, 0.4) is 0 Å². The molecule has 198 valence electrons. The van der Waals surface area contributed by atoms with Crippen LogP contribution in [-0.2, 0) is 10.0 Å². The number of nitrogens with zero attached hydrogens (tertiary/aromatic N) is 3. The molecule has 0 saturated carbocycles. The van der Waals surface area contributed by atoms with Crippen molar-refractivity contribution >= 4 is 27.3 Å². The third-order valence-electron chi connectivity index (χ3n) is 7.07. The molecule has 0 unspecified atom stereocenters. The van der Waals surface area contributed by atoms with E-state index in [0.29, 0.717) is 18.5 Å². The smallest absolute Gasteiger partial charge is 0.265 e. The summed E-state index contributed by atoms with van der Waals surface area (Å²) in [6, 6.07) is 22.7. The fourth-order valence-corrected chi connectivity index (χ4v) is 6.80. The van der Waals surface area contributed by atoms with Crippen LogP contribution < -0.4 is 9.64 Å². The van der Waals surface area contributed by atoms with Gasteiger partial charge in [-0.1, -0.05) is 54.6 Å². The van der Waals surface area contributed by atoms with Gasteiger partial charge in [-0.15, -0.1) is 0 Å². The van der Waals surface area contributed by atoms with Crippen LogP contribution >= 0.6 is 0 Å². The Kier molecular flexibility index (Phi) is 7.40. The number of ether oxygens (including phenoxy) is 1.